The summed E-state index contributed by atoms with van der Waals surface area (Å²) in [6.45, 7) is 7.48. The average Bonchev–Trinajstić information content (AvgIpc) is 2.14. The smallest absolute Gasteiger partial charge is 0.0801 e. The quantitative estimate of drug-likeness (QED) is 0.634. The number of aliphatic hydroxyl groups is 1. The van der Waals surface area contributed by atoms with E-state index in [0.29, 0.717) is 19.1 Å². The van der Waals surface area contributed by atoms with Crippen LogP contribution < -0.4 is 0 Å². The van der Waals surface area contributed by atoms with E-state index < -0.39 is 0 Å². The predicted molar refractivity (Wildman–Crippen MR) is 55.8 cm³/mol. The summed E-state index contributed by atoms with van der Waals surface area (Å²) in [5.41, 5.74) is 0. The van der Waals surface area contributed by atoms with Crippen LogP contribution in [0, 0.1) is 5.92 Å². The van der Waals surface area contributed by atoms with E-state index in [1.165, 1.54) is 0 Å². The molecule has 0 aromatic rings. The van der Waals surface area contributed by atoms with Crippen molar-refractivity contribution in [3.8, 4) is 0 Å². The lowest BCUT2D eigenvalue weighted by molar-refractivity contribution is 0.00394. The van der Waals surface area contributed by atoms with Crippen LogP contribution in [0.1, 0.15) is 46.5 Å². The molecule has 0 saturated heterocycles. The van der Waals surface area contributed by atoms with Crippen LogP contribution in [0.4, 0.5) is 0 Å². The lowest BCUT2D eigenvalue weighted by Gasteiger charge is -2.21. The Kier molecular flexibility index (Phi) is 8.46. The van der Waals surface area contributed by atoms with Crippen LogP contribution in [0.15, 0.2) is 0 Å². The summed E-state index contributed by atoms with van der Waals surface area (Å²) in [6.07, 6.45) is 4.26. The zero-order valence-corrected chi connectivity index (χ0v) is 9.25. The fourth-order valence-corrected chi connectivity index (χ4v) is 1.65. The molecule has 1 atom stereocenters. The maximum Gasteiger partial charge on any atom is 0.0801 e. The van der Waals surface area contributed by atoms with Gasteiger partial charge in [-0.25, -0.2) is 0 Å². The molecule has 0 aliphatic rings. The van der Waals surface area contributed by atoms with Crippen LogP contribution in [0.5, 0.6) is 0 Å². The molecule has 13 heavy (non-hydrogen) atoms. The van der Waals surface area contributed by atoms with E-state index >= 15 is 0 Å². The summed E-state index contributed by atoms with van der Waals surface area (Å²) >= 11 is 0. The summed E-state index contributed by atoms with van der Waals surface area (Å²) in [5.74, 6) is 0.432. The van der Waals surface area contributed by atoms with Crippen LogP contribution in [0.3, 0.4) is 0 Å². The molecule has 80 valence electrons. The van der Waals surface area contributed by atoms with E-state index in [0.717, 1.165) is 25.7 Å². The van der Waals surface area contributed by atoms with Gasteiger partial charge < -0.3 is 9.84 Å². The van der Waals surface area contributed by atoms with Gasteiger partial charge in [0.05, 0.1) is 12.7 Å². The number of rotatable bonds is 8. The van der Waals surface area contributed by atoms with Gasteiger partial charge >= 0.3 is 0 Å². The molecule has 0 heterocycles. The van der Waals surface area contributed by atoms with Gasteiger partial charge in [0.2, 0.25) is 0 Å². The second-order valence-corrected chi connectivity index (χ2v) is 3.56. The first-order valence-corrected chi connectivity index (χ1v) is 5.51. The molecule has 1 N–H and O–H groups in total. The summed E-state index contributed by atoms with van der Waals surface area (Å²) in [5, 5.41) is 9.78. The Hall–Kier alpha value is -0.0800. The highest BCUT2D eigenvalue weighted by Crippen LogP contribution is 2.18. The Labute approximate surface area is 82.3 Å². The van der Waals surface area contributed by atoms with Gasteiger partial charge in [-0.15, -0.1) is 0 Å². The van der Waals surface area contributed by atoms with Crippen molar-refractivity contribution in [3.05, 3.63) is 0 Å². The number of ether oxygens (including phenoxy) is 1. The molecule has 0 radical (unpaired) electrons. The van der Waals surface area contributed by atoms with E-state index in [2.05, 4.69) is 13.8 Å². The molecule has 0 aliphatic heterocycles. The van der Waals surface area contributed by atoms with Crippen molar-refractivity contribution >= 4 is 0 Å². The van der Waals surface area contributed by atoms with Crippen LogP contribution in [0.25, 0.3) is 0 Å². The second kappa shape index (κ2) is 8.52. The van der Waals surface area contributed by atoms with Crippen molar-refractivity contribution in [1.29, 1.82) is 0 Å². The van der Waals surface area contributed by atoms with Crippen molar-refractivity contribution in [2.45, 2.75) is 52.6 Å². The van der Waals surface area contributed by atoms with Gasteiger partial charge in [-0.1, -0.05) is 26.7 Å². The minimum absolute atomic E-state index is 0.264. The monoisotopic (exact) mass is 188 g/mol. The maximum atomic E-state index is 9.78. The summed E-state index contributed by atoms with van der Waals surface area (Å²) in [6, 6.07) is 0. The van der Waals surface area contributed by atoms with Gasteiger partial charge in [-0.3, -0.25) is 0 Å². The molecule has 2 heteroatoms. The largest absolute Gasteiger partial charge is 0.390 e. The van der Waals surface area contributed by atoms with Gasteiger partial charge in [0.1, 0.15) is 0 Å². The fourth-order valence-electron chi connectivity index (χ4n) is 1.65. The maximum absolute atomic E-state index is 9.78. The first-order chi connectivity index (χ1) is 6.26. The van der Waals surface area contributed by atoms with Gasteiger partial charge in [0, 0.05) is 6.61 Å². The Balaban J connectivity index is 3.72. The highest BCUT2D eigenvalue weighted by atomic mass is 16.5. The molecule has 1 unspecified atom stereocenters. The average molecular weight is 188 g/mol. The standard InChI is InChI=1S/C11H24O2/c1-4-7-10(8-5-2)11(12)9-13-6-3/h10-12H,4-9H2,1-3H3. The van der Waals surface area contributed by atoms with Crippen LogP contribution >= 0.6 is 0 Å². The third-order valence-corrected chi connectivity index (χ3v) is 2.36. The van der Waals surface area contributed by atoms with Gasteiger partial charge in [0.25, 0.3) is 0 Å². The SMILES string of the molecule is CCCC(CCC)C(O)COCC. The number of hydrogen-bond acceptors (Lipinski definition) is 2. The molecular formula is C11H24O2. The van der Waals surface area contributed by atoms with Crippen molar-refractivity contribution in [3.63, 3.8) is 0 Å². The van der Waals surface area contributed by atoms with E-state index in [-0.39, 0.29) is 6.10 Å². The number of aliphatic hydroxyl groups excluding tert-OH is 1. The summed E-state index contributed by atoms with van der Waals surface area (Å²) in [4.78, 5) is 0. The Bertz CT molecular complexity index is 98.3. The van der Waals surface area contributed by atoms with Crippen molar-refractivity contribution in [2.75, 3.05) is 13.2 Å². The Morgan fingerprint density at radius 2 is 1.62 bits per heavy atom. The van der Waals surface area contributed by atoms with Gasteiger partial charge in [-0.2, -0.15) is 0 Å². The first-order valence-electron chi connectivity index (χ1n) is 5.51. The van der Waals surface area contributed by atoms with Crippen molar-refractivity contribution in [1.82, 2.24) is 0 Å². The van der Waals surface area contributed by atoms with Gasteiger partial charge in [-0.05, 0) is 25.7 Å². The third kappa shape index (κ3) is 6.05. The normalized spacial score (nSPS) is 13.6. The van der Waals surface area contributed by atoms with E-state index in [1.54, 1.807) is 0 Å². The molecule has 0 amide bonds. The van der Waals surface area contributed by atoms with Crippen molar-refractivity contribution in [2.24, 2.45) is 5.92 Å². The molecular weight excluding hydrogens is 164 g/mol. The third-order valence-electron chi connectivity index (χ3n) is 2.36. The lowest BCUT2D eigenvalue weighted by Crippen LogP contribution is -2.25. The highest BCUT2D eigenvalue weighted by Gasteiger charge is 2.16. The zero-order valence-electron chi connectivity index (χ0n) is 9.25. The molecule has 0 bridgehead atoms. The molecule has 0 rings (SSSR count). The van der Waals surface area contributed by atoms with Gasteiger partial charge in [0.15, 0.2) is 0 Å². The Morgan fingerprint density at radius 3 is 2.00 bits per heavy atom. The molecule has 0 fully saturated rings. The molecule has 0 spiro atoms. The van der Waals surface area contributed by atoms with E-state index in [4.69, 9.17) is 4.74 Å². The lowest BCUT2D eigenvalue weighted by atomic mass is 9.93. The number of hydrogen-bond donors (Lipinski definition) is 1. The van der Waals surface area contributed by atoms with Crippen molar-refractivity contribution < 1.29 is 9.84 Å². The zero-order chi connectivity index (χ0) is 10.1. The molecule has 0 aliphatic carbocycles. The second-order valence-electron chi connectivity index (χ2n) is 3.56. The minimum atomic E-state index is -0.264. The van der Waals surface area contributed by atoms with Crippen LogP contribution in [-0.4, -0.2) is 24.4 Å². The highest BCUT2D eigenvalue weighted by molar-refractivity contribution is 4.67. The van der Waals surface area contributed by atoms with Crippen LogP contribution in [0.2, 0.25) is 0 Å². The molecule has 0 aromatic heterocycles. The molecule has 0 aromatic carbocycles. The van der Waals surface area contributed by atoms with Crippen LogP contribution in [-0.2, 0) is 4.74 Å². The minimum Gasteiger partial charge on any atom is -0.390 e. The van der Waals surface area contributed by atoms with E-state index in [9.17, 15) is 5.11 Å². The predicted octanol–water partition coefficient (Wildman–Crippen LogP) is 2.60. The fraction of sp³-hybridized carbons (Fsp3) is 1.00. The topological polar surface area (TPSA) is 29.5 Å². The summed E-state index contributed by atoms with van der Waals surface area (Å²) < 4.78 is 5.22. The van der Waals surface area contributed by atoms with E-state index in [1.807, 2.05) is 6.92 Å². The molecule has 2 nitrogen and oxygen atoms in total. The summed E-state index contributed by atoms with van der Waals surface area (Å²) in [7, 11) is 0. The Morgan fingerprint density at radius 1 is 1.08 bits per heavy atom. The molecule has 0 saturated carbocycles. The first kappa shape index (κ1) is 12.9.